The molecule has 0 aliphatic heterocycles. The number of hydrogen-bond acceptors (Lipinski definition) is 3. The number of nitrogens with zero attached hydrogens (tertiary/aromatic N) is 1. The molecule has 0 unspecified atom stereocenters. The maximum absolute atomic E-state index is 13.8. The van der Waals surface area contributed by atoms with E-state index in [1.54, 1.807) is 24.3 Å². The Morgan fingerprint density at radius 1 is 1.15 bits per heavy atom. The highest BCUT2D eigenvalue weighted by atomic mass is 79.9. The van der Waals surface area contributed by atoms with E-state index in [4.69, 9.17) is 10.00 Å². The van der Waals surface area contributed by atoms with Gasteiger partial charge in [-0.2, -0.15) is 5.26 Å². The van der Waals surface area contributed by atoms with Crippen LogP contribution in [0, 0.1) is 23.0 Å². The molecule has 0 spiro atoms. The van der Waals surface area contributed by atoms with Gasteiger partial charge in [0.1, 0.15) is 11.8 Å². The Labute approximate surface area is 122 Å². The molecule has 6 heteroatoms. The summed E-state index contributed by atoms with van der Waals surface area (Å²) in [6.45, 7) is 0. The number of nitrogens with one attached hydrogen (secondary N) is 1. The van der Waals surface area contributed by atoms with Crippen molar-refractivity contribution >= 4 is 27.3 Å². The van der Waals surface area contributed by atoms with Crippen LogP contribution in [0.15, 0.2) is 34.8 Å². The molecule has 0 bridgehead atoms. The SMILES string of the molecule is COc1ccc(Br)c(Nc2ccc(C#N)c(F)c2F)c1. The third-order valence-electron chi connectivity index (χ3n) is 2.65. The van der Waals surface area contributed by atoms with Gasteiger partial charge < -0.3 is 10.1 Å². The second kappa shape index (κ2) is 5.88. The van der Waals surface area contributed by atoms with Crippen LogP contribution in [0.4, 0.5) is 20.2 Å². The van der Waals surface area contributed by atoms with Gasteiger partial charge >= 0.3 is 0 Å². The maximum Gasteiger partial charge on any atom is 0.183 e. The highest BCUT2D eigenvalue weighted by Crippen LogP contribution is 2.31. The monoisotopic (exact) mass is 338 g/mol. The minimum absolute atomic E-state index is 0.0598. The summed E-state index contributed by atoms with van der Waals surface area (Å²) in [4.78, 5) is 0. The van der Waals surface area contributed by atoms with E-state index in [1.807, 2.05) is 0 Å². The molecule has 102 valence electrons. The van der Waals surface area contributed by atoms with Gasteiger partial charge in [-0.15, -0.1) is 0 Å². The van der Waals surface area contributed by atoms with E-state index in [2.05, 4.69) is 21.2 Å². The summed E-state index contributed by atoms with van der Waals surface area (Å²) in [5.74, 6) is -1.69. The van der Waals surface area contributed by atoms with Crippen LogP contribution in [0.3, 0.4) is 0 Å². The summed E-state index contributed by atoms with van der Waals surface area (Å²) in [6.07, 6.45) is 0. The second-order valence-electron chi connectivity index (χ2n) is 3.87. The van der Waals surface area contributed by atoms with E-state index in [0.717, 1.165) is 0 Å². The van der Waals surface area contributed by atoms with Gasteiger partial charge in [0.2, 0.25) is 0 Å². The van der Waals surface area contributed by atoms with E-state index < -0.39 is 11.6 Å². The smallest absolute Gasteiger partial charge is 0.183 e. The Morgan fingerprint density at radius 2 is 1.90 bits per heavy atom. The first kappa shape index (κ1) is 14.3. The molecule has 20 heavy (non-hydrogen) atoms. The molecule has 2 aromatic carbocycles. The lowest BCUT2D eigenvalue weighted by molar-refractivity contribution is 0.415. The summed E-state index contributed by atoms with van der Waals surface area (Å²) < 4.78 is 33.1. The van der Waals surface area contributed by atoms with Gasteiger partial charge in [-0.1, -0.05) is 0 Å². The lowest BCUT2D eigenvalue weighted by Crippen LogP contribution is -1.99. The normalized spacial score (nSPS) is 9.95. The third-order valence-corrected chi connectivity index (χ3v) is 3.34. The van der Waals surface area contributed by atoms with Gasteiger partial charge in [-0.05, 0) is 40.2 Å². The zero-order chi connectivity index (χ0) is 14.7. The van der Waals surface area contributed by atoms with Crippen molar-refractivity contribution < 1.29 is 13.5 Å². The first-order chi connectivity index (χ1) is 9.56. The Kier molecular flexibility index (Phi) is 4.20. The molecular weight excluding hydrogens is 330 g/mol. The number of rotatable bonds is 3. The van der Waals surface area contributed by atoms with Crippen LogP contribution in [0.2, 0.25) is 0 Å². The molecule has 0 radical (unpaired) electrons. The van der Waals surface area contributed by atoms with E-state index in [9.17, 15) is 8.78 Å². The number of nitriles is 1. The second-order valence-corrected chi connectivity index (χ2v) is 4.73. The Bertz CT molecular complexity index is 698. The number of ether oxygens (including phenoxy) is 1. The largest absolute Gasteiger partial charge is 0.497 e. The van der Waals surface area contributed by atoms with Gasteiger partial charge in [0.15, 0.2) is 11.6 Å². The van der Waals surface area contributed by atoms with Crippen LogP contribution in [-0.4, -0.2) is 7.11 Å². The average Bonchev–Trinajstić information content (AvgIpc) is 2.46. The molecule has 0 aliphatic carbocycles. The van der Waals surface area contributed by atoms with E-state index in [0.29, 0.717) is 15.9 Å². The van der Waals surface area contributed by atoms with Crippen LogP contribution in [0.5, 0.6) is 5.75 Å². The fourth-order valence-electron chi connectivity index (χ4n) is 1.60. The Hall–Kier alpha value is -2.13. The molecule has 0 heterocycles. The molecule has 0 fully saturated rings. The fraction of sp³-hybridized carbons (Fsp3) is 0.0714. The summed E-state index contributed by atoms with van der Waals surface area (Å²) >= 11 is 3.30. The van der Waals surface area contributed by atoms with Crippen molar-refractivity contribution in [2.75, 3.05) is 12.4 Å². The van der Waals surface area contributed by atoms with Crippen molar-refractivity contribution in [1.29, 1.82) is 5.26 Å². The minimum atomic E-state index is -1.17. The predicted molar refractivity (Wildman–Crippen MR) is 75.0 cm³/mol. The first-order valence-corrected chi connectivity index (χ1v) is 6.34. The fourth-order valence-corrected chi connectivity index (χ4v) is 1.95. The number of anilines is 2. The van der Waals surface area contributed by atoms with Gasteiger partial charge in [0.25, 0.3) is 0 Å². The summed E-state index contributed by atoms with van der Waals surface area (Å²) in [7, 11) is 1.51. The number of halogens is 3. The molecule has 0 aromatic heterocycles. The van der Waals surface area contributed by atoms with Gasteiger partial charge in [0.05, 0.1) is 24.0 Å². The third kappa shape index (κ3) is 2.73. The van der Waals surface area contributed by atoms with E-state index in [-0.39, 0.29) is 11.3 Å². The van der Waals surface area contributed by atoms with Crippen LogP contribution >= 0.6 is 15.9 Å². The zero-order valence-electron chi connectivity index (χ0n) is 10.4. The van der Waals surface area contributed by atoms with E-state index >= 15 is 0 Å². The molecule has 0 aliphatic rings. The highest BCUT2D eigenvalue weighted by Gasteiger charge is 2.14. The quantitative estimate of drug-likeness (QED) is 0.904. The lowest BCUT2D eigenvalue weighted by atomic mass is 10.2. The highest BCUT2D eigenvalue weighted by molar-refractivity contribution is 9.10. The average molecular weight is 339 g/mol. The topological polar surface area (TPSA) is 45.0 Å². The summed E-state index contributed by atoms with van der Waals surface area (Å²) in [5, 5.41) is 11.4. The van der Waals surface area contributed by atoms with Gasteiger partial charge in [-0.3, -0.25) is 0 Å². The van der Waals surface area contributed by atoms with Crippen LogP contribution in [0.25, 0.3) is 0 Å². The van der Waals surface area contributed by atoms with Crippen LogP contribution in [-0.2, 0) is 0 Å². The van der Waals surface area contributed by atoms with Crippen molar-refractivity contribution in [2.24, 2.45) is 0 Å². The number of benzene rings is 2. The van der Waals surface area contributed by atoms with E-state index in [1.165, 1.54) is 19.2 Å². The maximum atomic E-state index is 13.8. The minimum Gasteiger partial charge on any atom is -0.497 e. The molecule has 3 nitrogen and oxygen atoms in total. The molecule has 1 N–H and O–H groups in total. The van der Waals surface area contributed by atoms with Gasteiger partial charge in [-0.25, -0.2) is 8.78 Å². The number of hydrogen-bond donors (Lipinski definition) is 1. The molecular formula is C14H9BrF2N2O. The van der Waals surface area contributed by atoms with Gasteiger partial charge in [0, 0.05) is 10.5 Å². The summed E-state index contributed by atoms with van der Waals surface area (Å²) in [5.41, 5.74) is 0.126. The predicted octanol–water partition coefficient (Wildman–Crippen LogP) is 4.35. The standard InChI is InChI=1S/C14H9BrF2N2O/c1-20-9-3-4-10(15)12(6-9)19-11-5-2-8(7-18)13(16)14(11)17/h2-6,19H,1H3. The number of methoxy groups -OCH3 is 1. The van der Waals surface area contributed by atoms with Crippen LogP contribution < -0.4 is 10.1 Å². The molecule has 0 saturated carbocycles. The summed E-state index contributed by atoms with van der Waals surface area (Å²) in [6, 6.07) is 9.20. The zero-order valence-corrected chi connectivity index (χ0v) is 12.0. The molecule has 2 aromatic rings. The Balaban J connectivity index is 2.41. The lowest BCUT2D eigenvalue weighted by Gasteiger charge is -2.11. The first-order valence-electron chi connectivity index (χ1n) is 5.55. The van der Waals surface area contributed by atoms with Crippen molar-refractivity contribution in [3.63, 3.8) is 0 Å². The van der Waals surface area contributed by atoms with Crippen molar-refractivity contribution in [2.45, 2.75) is 0 Å². The molecule has 0 atom stereocenters. The molecule has 2 rings (SSSR count). The van der Waals surface area contributed by atoms with Crippen molar-refractivity contribution in [1.82, 2.24) is 0 Å². The Morgan fingerprint density at radius 3 is 2.55 bits per heavy atom. The molecule has 0 saturated heterocycles. The van der Waals surface area contributed by atoms with Crippen molar-refractivity contribution in [3.05, 3.63) is 52.0 Å². The van der Waals surface area contributed by atoms with Crippen molar-refractivity contribution in [3.8, 4) is 11.8 Å². The van der Waals surface area contributed by atoms with Crippen LogP contribution in [0.1, 0.15) is 5.56 Å². The molecule has 0 amide bonds.